The van der Waals surface area contributed by atoms with E-state index in [1.807, 2.05) is 6.07 Å². The Balaban J connectivity index is 2.40. The van der Waals surface area contributed by atoms with Crippen molar-refractivity contribution in [3.63, 3.8) is 0 Å². The van der Waals surface area contributed by atoms with Gasteiger partial charge in [-0.2, -0.15) is 0 Å². The molecule has 1 aliphatic rings. The molecule has 13 heavy (non-hydrogen) atoms. The average molecular weight is 197 g/mol. The number of rotatable bonds is 1. The zero-order valence-electron chi connectivity index (χ0n) is 7.72. The highest BCUT2D eigenvalue weighted by Gasteiger charge is 2.19. The molecule has 1 aromatic carbocycles. The SMILES string of the molecule is COC1CCCc2cc(Cl)ccc21. The van der Waals surface area contributed by atoms with Gasteiger partial charge >= 0.3 is 0 Å². The molecule has 1 atom stereocenters. The van der Waals surface area contributed by atoms with E-state index in [-0.39, 0.29) is 6.10 Å². The van der Waals surface area contributed by atoms with Gasteiger partial charge in [0.2, 0.25) is 0 Å². The minimum Gasteiger partial charge on any atom is -0.377 e. The smallest absolute Gasteiger partial charge is 0.0823 e. The standard InChI is InChI=1S/C11H13ClO/c1-13-11-4-2-3-8-7-9(12)5-6-10(8)11/h5-7,11H,2-4H2,1H3. The summed E-state index contributed by atoms with van der Waals surface area (Å²) in [6.45, 7) is 0. The zero-order chi connectivity index (χ0) is 9.26. The Kier molecular flexibility index (Phi) is 2.56. The van der Waals surface area contributed by atoms with Gasteiger partial charge in [-0.05, 0) is 42.5 Å². The molecule has 0 aliphatic heterocycles. The van der Waals surface area contributed by atoms with Gasteiger partial charge < -0.3 is 4.74 Å². The van der Waals surface area contributed by atoms with Crippen LogP contribution >= 0.6 is 11.6 Å². The van der Waals surface area contributed by atoms with Crippen LogP contribution in [0.1, 0.15) is 30.1 Å². The largest absolute Gasteiger partial charge is 0.377 e. The number of halogens is 1. The third-order valence-corrected chi connectivity index (χ3v) is 2.88. The molecule has 0 saturated heterocycles. The lowest BCUT2D eigenvalue weighted by atomic mass is 9.89. The lowest BCUT2D eigenvalue weighted by Gasteiger charge is -2.24. The van der Waals surface area contributed by atoms with E-state index < -0.39 is 0 Å². The Morgan fingerprint density at radius 1 is 1.46 bits per heavy atom. The molecule has 1 nitrogen and oxygen atoms in total. The minimum atomic E-state index is 0.279. The van der Waals surface area contributed by atoms with Crippen LogP contribution in [0.4, 0.5) is 0 Å². The third kappa shape index (κ3) is 1.72. The molecule has 1 aromatic rings. The van der Waals surface area contributed by atoms with Crippen LogP contribution < -0.4 is 0 Å². The maximum absolute atomic E-state index is 5.93. The number of methoxy groups -OCH3 is 1. The summed E-state index contributed by atoms with van der Waals surface area (Å²) >= 11 is 5.93. The van der Waals surface area contributed by atoms with Crippen LogP contribution in [0.5, 0.6) is 0 Å². The van der Waals surface area contributed by atoms with Crippen LogP contribution in [0, 0.1) is 0 Å². The lowest BCUT2D eigenvalue weighted by Crippen LogP contribution is -2.10. The van der Waals surface area contributed by atoms with Crippen molar-refractivity contribution in [1.82, 2.24) is 0 Å². The molecule has 1 aliphatic carbocycles. The van der Waals surface area contributed by atoms with Gasteiger partial charge in [0.15, 0.2) is 0 Å². The monoisotopic (exact) mass is 196 g/mol. The second-order valence-electron chi connectivity index (χ2n) is 3.46. The van der Waals surface area contributed by atoms with Crippen LogP contribution in [0.15, 0.2) is 18.2 Å². The molecular formula is C11H13ClO. The van der Waals surface area contributed by atoms with E-state index in [2.05, 4.69) is 12.1 Å². The fraction of sp³-hybridized carbons (Fsp3) is 0.455. The lowest BCUT2D eigenvalue weighted by molar-refractivity contribution is 0.0881. The topological polar surface area (TPSA) is 9.23 Å². The van der Waals surface area contributed by atoms with Crippen molar-refractivity contribution in [3.8, 4) is 0 Å². The Labute approximate surface area is 83.7 Å². The first-order valence-electron chi connectivity index (χ1n) is 4.62. The highest BCUT2D eigenvalue weighted by atomic mass is 35.5. The van der Waals surface area contributed by atoms with Gasteiger partial charge in [0.25, 0.3) is 0 Å². The predicted octanol–water partition coefficient (Wildman–Crippen LogP) is 3.36. The maximum Gasteiger partial charge on any atom is 0.0823 e. The number of ether oxygens (including phenoxy) is 1. The molecule has 70 valence electrons. The molecule has 0 amide bonds. The molecule has 0 N–H and O–H groups in total. The average Bonchev–Trinajstić information content (AvgIpc) is 2.16. The van der Waals surface area contributed by atoms with Crippen molar-refractivity contribution in [3.05, 3.63) is 34.3 Å². The van der Waals surface area contributed by atoms with Crippen LogP contribution in [0.3, 0.4) is 0 Å². The molecular weight excluding hydrogens is 184 g/mol. The molecule has 2 rings (SSSR count). The quantitative estimate of drug-likeness (QED) is 0.669. The summed E-state index contributed by atoms with van der Waals surface area (Å²) in [5.41, 5.74) is 2.67. The normalized spacial score (nSPS) is 21.2. The minimum absolute atomic E-state index is 0.279. The fourth-order valence-electron chi connectivity index (χ4n) is 1.98. The van der Waals surface area contributed by atoms with E-state index in [9.17, 15) is 0 Å². The zero-order valence-corrected chi connectivity index (χ0v) is 8.47. The van der Waals surface area contributed by atoms with Gasteiger partial charge in [-0.1, -0.05) is 17.7 Å². The van der Waals surface area contributed by atoms with Gasteiger partial charge in [0, 0.05) is 12.1 Å². The molecule has 2 heteroatoms. The van der Waals surface area contributed by atoms with Gasteiger partial charge in [0.1, 0.15) is 0 Å². The first-order valence-corrected chi connectivity index (χ1v) is 5.00. The van der Waals surface area contributed by atoms with E-state index in [1.165, 1.54) is 17.5 Å². The third-order valence-electron chi connectivity index (χ3n) is 2.65. The highest BCUT2D eigenvalue weighted by molar-refractivity contribution is 6.30. The molecule has 0 saturated carbocycles. The highest BCUT2D eigenvalue weighted by Crippen LogP contribution is 2.33. The molecule has 0 bridgehead atoms. The molecule has 0 radical (unpaired) electrons. The van der Waals surface area contributed by atoms with Crippen LogP contribution in [-0.4, -0.2) is 7.11 Å². The Hall–Kier alpha value is -0.530. The van der Waals surface area contributed by atoms with Crippen molar-refractivity contribution in [2.24, 2.45) is 0 Å². The van der Waals surface area contributed by atoms with E-state index in [1.54, 1.807) is 7.11 Å². The van der Waals surface area contributed by atoms with Gasteiger partial charge in [-0.15, -0.1) is 0 Å². The molecule has 0 fully saturated rings. The number of benzene rings is 1. The summed E-state index contributed by atoms with van der Waals surface area (Å²) < 4.78 is 5.41. The Morgan fingerprint density at radius 2 is 2.31 bits per heavy atom. The molecule has 1 unspecified atom stereocenters. The van der Waals surface area contributed by atoms with Crippen LogP contribution in [0.25, 0.3) is 0 Å². The maximum atomic E-state index is 5.93. The molecule has 0 aromatic heterocycles. The van der Waals surface area contributed by atoms with E-state index in [0.717, 1.165) is 17.9 Å². The van der Waals surface area contributed by atoms with Crippen molar-refractivity contribution in [2.75, 3.05) is 7.11 Å². The molecule has 0 spiro atoms. The molecule has 0 heterocycles. The van der Waals surface area contributed by atoms with E-state index in [4.69, 9.17) is 16.3 Å². The summed E-state index contributed by atoms with van der Waals surface area (Å²) in [4.78, 5) is 0. The van der Waals surface area contributed by atoms with Gasteiger partial charge in [-0.3, -0.25) is 0 Å². The van der Waals surface area contributed by atoms with Crippen molar-refractivity contribution in [1.29, 1.82) is 0 Å². The van der Waals surface area contributed by atoms with E-state index >= 15 is 0 Å². The summed E-state index contributed by atoms with van der Waals surface area (Å²) in [5.74, 6) is 0. The van der Waals surface area contributed by atoms with Crippen molar-refractivity contribution >= 4 is 11.6 Å². The van der Waals surface area contributed by atoms with Crippen molar-refractivity contribution in [2.45, 2.75) is 25.4 Å². The number of fused-ring (bicyclic) bond motifs is 1. The summed E-state index contributed by atoms with van der Waals surface area (Å²) in [6, 6.07) is 6.09. The Morgan fingerprint density at radius 3 is 3.08 bits per heavy atom. The van der Waals surface area contributed by atoms with Crippen LogP contribution in [-0.2, 0) is 11.2 Å². The Bertz CT molecular complexity index is 309. The van der Waals surface area contributed by atoms with Gasteiger partial charge in [-0.25, -0.2) is 0 Å². The second kappa shape index (κ2) is 3.69. The summed E-state index contributed by atoms with van der Waals surface area (Å²) in [5, 5.41) is 0.829. The predicted molar refractivity (Wildman–Crippen MR) is 54.1 cm³/mol. The first-order chi connectivity index (χ1) is 6.31. The summed E-state index contributed by atoms with van der Waals surface area (Å²) in [6.07, 6.45) is 3.74. The van der Waals surface area contributed by atoms with Crippen molar-refractivity contribution < 1.29 is 4.74 Å². The fourth-order valence-corrected chi connectivity index (χ4v) is 2.18. The second-order valence-corrected chi connectivity index (χ2v) is 3.90. The number of hydrogen-bond donors (Lipinski definition) is 0. The summed E-state index contributed by atoms with van der Waals surface area (Å²) in [7, 11) is 1.77. The number of hydrogen-bond acceptors (Lipinski definition) is 1. The number of aryl methyl sites for hydroxylation is 1. The van der Waals surface area contributed by atoms with Gasteiger partial charge in [0.05, 0.1) is 6.10 Å². The van der Waals surface area contributed by atoms with E-state index in [0.29, 0.717) is 0 Å². The first kappa shape index (κ1) is 9.04. The van der Waals surface area contributed by atoms with Crippen LogP contribution in [0.2, 0.25) is 5.02 Å².